The summed E-state index contributed by atoms with van der Waals surface area (Å²) in [5.74, 6) is -0.436. The van der Waals surface area contributed by atoms with Gasteiger partial charge in [-0.05, 0) is 82.0 Å². The average Bonchev–Trinajstić information content (AvgIpc) is 2.79. The fraction of sp³-hybridized carbons (Fsp3) is 0.440. The predicted octanol–water partition coefficient (Wildman–Crippen LogP) is 3.67. The lowest BCUT2D eigenvalue weighted by Gasteiger charge is -2.26. The van der Waals surface area contributed by atoms with Gasteiger partial charge in [0.1, 0.15) is 0 Å². The normalized spacial score (nSPS) is 14.6. The molecule has 1 heterocycles. The number of hydrogen-bond donors (Lipinski definition) is 3. The van der Waals surface area contributed by atoms with Crippen molar-refractivity contribution in [3.8, 4) is 0 Å². The molecule has 0 aliphatic carbocycles. The lowest BCUT2D eigenvalue weighted by molar-refractivity contribution is -0.114. The van der Waals surface area contributed by atoms with E-state index in [0.29, 0.717) is 24.3 Å². The second-order valence-electron chi connectivity index (χ2n) is 9.00. The Balaban J connectivity index is 1.65. The quantitative estimate of drug-likeness (QED) is 0.528. The van der Waals surface area contributed by atoms with Crippen molar-refractivity contribution in [3.63, 3.8) is 0 Å². The Kier molecular flexibility index (Phi) is 8.33. The molecule has 2 amide bonds. The molecule has 8 nitrogen and oxygen atoms in total. The number of nitrogens with zero attached hydrogens (tertiary/aromatic N) is 1. The van der Waals surface area contributed by atoms with Crippen molar-refractivity contribution in [2.24, 2.45) is 0 Å². The lowest BCUT2D eigenvalue weighted by Crippen LogP contribution is -2.35. The molecule has 0 bridgehead atoms. The van der Waals surface area contributed by atoms with Gasteiger partial charge in [0, 0.05) is 36.1 Å². The fourth-order valence-electron chi connectivity index (χ4n) is 3.87. The molecule has 0 spiro atoms. The third kappa shape index (κ3) is 6.36. The van der Waals surface area contributed by atoms with Gasteiger partial charge in [0.15, 0.2) is 0 Å². The first kappa shape index (κ1) is 25.7. The Bertz CT molecular complexity index is 1160. The van der Waals surface area contributed by atoms with E-state index in [-0.39, 0.29) is 29.3 Å². The van der Waals surface area contributed by atoms with E-state index in [0.717, 1.165) is 36.1 Å². The van der Waals surface area contributed by atoms with Crippen molar-refractivity contribution in [2.45, 2.75) is 57.9 Å². The Morgan fingerprint density at radius 1 is 0.941 bits per heavy atom. The summed E-state index contributed by atoms with van der Waals surface area (Å²) in [6.45, 7) is 8.55. The van der Waals surface area contributed by atoms with E-state index in [1.807, 2.05) is 27.7 Å². The van der Waals surface area contributed by atoms with Crippen LogP contribution in [-0.2, 0) is 14.8 Å². The minimum Gasteiger partial charge on any atom is -0.376 e. The van der Waals surface area contributed by atoms with Crippen molar-refractivity contribution in [1.82, 2.24) is 9.62 Å². The molecule has 34 heavy (non-hydrogen) atoms. The van der Waals surface area contributed by atoms with Crippen LogP contribution in [0.15, 0.2) is 41.3 Å². The SMILES string of the molecule is Cc1cc(C(=O)NC(C)C)ccc1NCC(=O)Nc1cc(S(=O)(=O)N2CCCCC2)ccc1C. The molecule has 0 atom stereocenters. The largest absolute Gasteiger partial charge is 0.376 e. The van der Waals surface area contributed by atoms with Crippen LogP contribution in [0.5, 0.6) is 0 Å². The van der Waals surface area contributed by atoms with Crippen molar-refractivity contribution in [3.05, 3.63) is 53.1 Å². The molecule has 3 N–H and O–H groups in total. The van der Waals surface area contributed by atoms with E-state index in [9.17, 15) is 18.0 Å². The third-order valence-corrected chi connectivity index (χ3v) is 7.68. The van der Waals surface area contributed by atoms with Crippen LogP contribution in [-0.4, -0.2) is 50.2 Å². The maximum Gasteiger partial charge on any atom is 0.251 e. The Hall–Kier alpha value is -2.91. The van der Waals surface area contributed by atoms with Crippen molar-refractivity contribution in [1.29, 1.82) is 0 Å². The molecular formula is C25H34N4O4S. The summed E-state index contributed by atoms with van der Waals surface area (Å²) < 4.78 is 27.5. The Labute approximate surface area is 202 Å². The van der Waals surface area contributed by atoms with Gasteiger partial charge in [0.2, 0.25) is 15.9 Å². The highest BCUT2D eigenvalue weighted by atomic mass is 32.2. The Morgan fingerprint density at radius 2 is 1.65 bits per heavy atom. The monoisotopic (exact) mass is 486 g/mol. The van der Waals surface area contributed by atoms with Crippen LogP contribution in [0.2, 0.25) is 0 Å². The maximum absolute atomic E-state index is 13.0. The number of benzene rings is 2. The summed E-state index contributed by atoms with van der Waals surface area (Å²) in [5.41, 5.74) is 3.40. The number of sulfonamides is 1. The number of rotatable bonds is 8. The number of aryl methyl sites for hydroxylation is 2. The van der Waals surface area contributed by atoms with Gasteiger partial charge in [-0.15, -0.1) is 0 Å². The van der Waals surface area contributed by atoms with Crippen molar-refractivity contribution in [2.75, 3.05) is 30.3 Å². The van der Waals surface area contributed by atoms with Gasteiger partial charge in [0.25, 0.3) is 5.91 Å². The number of carbonyl (C=O) groups excluding carboxylic acids is 2. The molecule has 1 aliphatic heterocycles. The van der Waals surface area contributed by atoms with E-state index < -0.39 is 10.0 Å². The van der Waals surface area contributed by atoms with Gasteiger partial charge in [-0.2, -0.15) is 4.31 Å². The van der Waals surface area contributed by atoms with Crippen LogP contribution < -0.4 is 16.0 Å². The van der Waals surface area contributed by atoms with E-state index in [1.165, 1.54) is 10.4 Å². The third-order valence-electron chi connectivity index (χ3n) is 5.78. The number of piperidine rings is 1. The molecule has 9 heteroatoms. The summed E-state index contributed by atoms with van der Waals surface area (Å²) >= 11 is 0. The highest BCUT2D eigenvalue weighted by Gasteiger charge is 2.26. The molecule has 2 aromatic carbocycles. The number of amides is 2. The highest BCUT2D eigenvalue weighted by Crippen LogP contribution is 2.25. The first-order valence-electron chi connectivity index (χ1n) is 11.6. The lowest BCUT2D eigenvalue weighted by atomic mass is 10.1. The van der Waals surface area contributed by atoms with Gasteiger partial charge in [-0.1, -0.05) is 12.5 Å². The van der Waals surface area contributed by atoms with E-state index in [2.05, 4.69) is 16.0 Å². The minimum atomic E-state index is -3.58. The summed E-state index contributed by atoms with van der Waals surface area (Å²) in [5, 5.41) is 8.76. The molecular weight excluding hydrogens is 452 g/mol. The molecule has 0 unspecified atom stereocenters. The number of hydrogen-bond acceptors (Lipinski definition) is 5. The van der Waals surface area contributed by atoms with Crippen LogP contribution in [0.4, 0.5) is 11.4 Å². The van der Waals surface area contributed by atoms with Gasteiger partial charge >= 0.3 is 0 Å². The molecule has 3 rings (SSSR count). The standard InChI is InChI=1S/C25H34N4O4S/c1-17(2)27-25(31)20-9-11-22(19(4)14-20)26-16-24(30)28-23-15-21(10-8-18(23)3)34(32,33)29-12-6-5-7-13-29/h8-11,14-15,17,26H,5-7,12-13,16H2,1-4H3,(H,27,31)(H,28,30). The van der Waals surface area contributed by atoms with Crippen LogP contribution in [0, 0.1) is 13.8 Å². The summed E-state index contributed by atoms with van der Waals surface area (Å²) in [6.07, 6.45) is 2.77. The summed E-state index contributed by atoms with van der Waals surface area (Å²) in [4.78, 5) is 25.0. The van der Waals surface area contributed by atoms with Crippen LogP contribution in [0.3, 0.4) is 0 Å². The molecule has 0 radical (unpaired) electrons. The molecule has 1 fully saturated rings. The zero-order valence-electron chi connectivity index (χ0n) is 20.3. The van der Waals surface area contributed by atoms with Gasteiger partial charge < -0.3 is 16.0 Å². The number of anilines is 2. The zero-order chi connectivity index (χ0) is 24.9. The maximum atomic E-state index is 13.0. The molecule has 184 valence electrons. The Morgan fingerprint density at radius 3 is 2.29 bits per heavy atom. The molecule has 0 aromatic heterocycles. The topological polar surface area (TPSA) is 108 Å². The first-order valence-corrected chi connectivity index (χ1v) is 13.1. The van der Waals surface area contributed by atoms with E-state index in [4.69, 9.17) is 0 Å². The molecule has 1 aliphatic rings. The number of carbonyl (C=O) groups is 2. The van der Waals surface area contributed by atoms with Crippen molar-refractivity contribution >= 4 is 33.2 Å². The molecule has 1 saturated heterocycles. The minimum absolute atomic E-state index is 0.000912. The van der Waals surface area contributed by atoms with Crippen LogP contribution in [0.1, 0.15) is 54.6 Å². The highest BCUT2D eigenvalue weighted by molar-refractivity contribution is 7.89. The average molecular weight is 487 g/mol. The van der Waals surface area contributed by atoms with Gasteiger partial charge in [0.05, 0.1) is 11.4 Å². The number of nitrogens with one attached hydrogen (secondary N) is 3. The molecule has 2 aromatic rings. The second kappa shape index (κ2) is 11.0. The summed E-state index contributed by atoms with van der Waals surface area (Å²) in [6, 6.07) is 10.1. The van der Waals surface area contributed by atoms with Gasteiger partial charge in [-0.3, -0.25) is 9.59 Å². The van der Waals surface area contributed by atoms with Gasteiger partial charge in [-0.25, -0.2) is 8.42 Å². The van der Waals surface area contributed by atoms with E-state index in [1.54, 1.807) is 30.3 Å². The van der Waals surface area contributed by atoms with E-state index >= 15 is 0 Å². The van der Waals surface area contributed by atoms with Crippen LogP contribution in [0.25, 0.3) is 0 Å². The molecule has 0 saturated carbocycles. The van der Waals surface area contributed by atoms with Crippen molar-refractivity contribution < 1.29 is 18.0 Å². The van der Waals surface area contributed by atoms with Crippen LogP contribution >= 0.6 is 0 Å². The fourth-order valence-corrected chi connectivity index (χ4v) is 5.41. The first-order chi connectivity index (χ1) is 16.1. The smallest absolute Gasteiger partial charge is 0.251 e. The predicted molar refractivity (Wildman–Crippen MR) is 135 cm³/mol. The summed E-state index contributed by atoms with van der Waals surface area (Å²) in [7, 11) is -3.58. The zero-order valence-corrected chi connectivity index (χ0v) is 21.1. The second-order valence-corrected chi connectivity index (χ2v) is 10.9.